The monoisotopic (exact) mass is 498 g/mol. The van der Waals surface area contributed by atoms with Crippen molar-refractivity contribution in [2.24, 2.45) is 0 Å². The summed E-state index contributed by atoms with van der Waals surface area (Å²) in [6.45, 7) is 0. The van der Waals surface area contributed by atoms with E-state index in [2.05, 4.69) is 45.6 Å². The summed E-state index contributed by atoms with van der Waals surface area (Å²) < 4.78 is 6.96. The molecule has 3 aliphatic rings. The second kappa shape index (κ2) is 5.59. The van der Waals surface area contributed by atoms with Crippen LogP contribution in [-0.2, 0) is 0 Å². The van der Waals surface area contributed by atoms with Crippen molar-refractivity contribution >= 4 is 83.4 Å². The summed E-state index contributed by atoms with van der Waals surface area (Å²) in [5.41, 5.74) is 0. The summed E-state index contributed by atoms with van der Waals surface area (Å²) in [5, 5.41) is 1.29. The maximum atomic E-state index is 2.45. The Balaban J connectivity index is 1.66. The molecule has 0 unspecified atom stereocenters. The summed E-state index contributed by atoms with van der Waals surface area (Å²) in [6.07, 6.45) is 4.88. The molecule has 0 aromatic carbocycles. The van der Waals surface area contributed by atoms with Crippen molar-refractivity contribution in [3.05, 3.63) is 36.4 Å². The number of hydrogen-bond acceptors (Lipinski definition) is 2. The first-order valence-electron chi connectivity index (χ1n) is 4.18. The molecule has 0 aromatic heterocycles. The van der Waals surface area contributed by atoms with Gasteiger partial charge >= 0.3 is 125 Å². The molecule has 3 aliphatic heterocycles. The summed E-state index contributed by atoms with van der Waals surface area (Å²) in [5.74, 6) is 0. The summed E-state index contributed by atoms with van der Waals surface area (Å²) in [6, 6.07) is 0. The van der Waals surface area contributed by atoms with Crippen LogP contribution in [0, 0.1) is 0 Å². The van der Waals surface area contributed by atoms with E-state index in [-0.39, 0.29) is 0 Å². The summed E-state index contributed by atoms with van der Waals surface area (Å²) in [7, 11) is 0. The fourth-order valence-corrected chi connectivity index (χ4v) is 18.3. The first-order chi connectivity index (χ1) is 7.42. The van der Waals surface area contributed by atoms with E-state index in [4.69, 9.17) is 0 Å². The topological polar surface area (TPSA) is 0 Å². The number of thioether (sulfide) groups is 2. The Hall–Kier alpha value is 1.74. The van der Waals surface area contributed by atoms with Crippen LogP contribution in [0.4, 0.5) is 0 Å². The summed E-state index contributed by atoms with van der Waals surface area (Å²) in [4.78, 5) is 4.73. The third-order valence-corrected chi connectivity index (χ3v) is 17.8. The fraction of sp³-hybridized carbons (Fsp3) is 0.111. The van der Waals surface area contributed by atoms with Crippen molar-refractivity contribution in [3.63, 3.8) is 0 Å². The van der Waals surface area contributed by atoms with Gasteiger partial charge in [-0.2, -0.15) is 0 Å². The van der Waals surface area contributed by atoms with Gasteiger partial charge < -0.3 is 0 Å². The van der Waals surface area contributed by atoms with Crippen LogP contribution in [0.3, 0.4) is 0 Å². The van der Waals surface area contributed by atoms with Crippen LogP contribution >= 0.6 is 23.5 Å². The molecule has 0 nitrogen and oxygen atoms in total. The zero-order chi connectivity index (χ0) is 10.1. The molecule has 0 atom stereocenters. The third kappa shape index (κ3) is 2.95. The first-order valence-corrected chi connectivity index (χ1v) is 13.3. The molecule has 0 fully saturated rings. The van der Waals surface area contributed by atoms with Gasteiger partial charge in [0, 0.05) is 0 Å². The predicted octanol–water partition coefficient (Wildman–Crippen LogP) is 1.55. The molecule has 0 amide bonds. The Morgan fingerprint density at radius 1 is 0.933 bits per heavy atom. The van der Waals surface area contributed by atoms with Crippen LogP contribution in [0.25, 0.3) is 0 Å². The minimum absolute atomic E-state index is 0.690. The fourth-order valence-electron chi connectivity index (χ4n) is 1.10. The van der Waals surface area contributed by atoms with Crippen LogP contribution in [0.15, 0.2) is 36.4 Å². The normalized spacial score (nSPS) is 24.0. The molecular formula is C9H6S2Se4. The molecule has 0 aliphatic carbocycles. The Morgan fingerprint density at radius 2 is 1.53 bits per heavy atom. The van der Waals surface area contributed by atoms with Gasteiger partial charge in [0.1, 0.15) is 0 Å². The quantitative estimate of drug-likeness (QED) is 0.508. The Labute approximate surface area is 123 Å². The molecule has 78 valence electrons. The molecule has 0 N–H and O–H groups in total. The third-order valence-electron chi connectivity index (χ3n) is 1.71. The van der Waals surface area contributed by atoms with Crippen LogP contribution in [0.1, 0.15) is 0 Å². The van der Waals surface area contributed by atoms with Crippen molar-refractivity contribution in [2.75, 3.05) is 5.08 Å². The SMILES string of the molecule is C1=C[Se]C(=CC=C2[Se]C3=C(SCS3)[Se]2)[Se]1. The molecule has 6 heteroatoms. The van der Waals surface area contributed by atoms with Gasteiger partial charge in [0.05, 0.1) is 0 Å². The van der Waals surface area contributed by atoms with Crippen molar-refractivity contribution in [3.8, 4) is 0 Å². The van der Waals surface area contributed by atoms with Crippen LogP contribution in [-0.4, -0.2) is 64.9 Å². The molecular weight excluding hydrogens is 488 g/mol. The minimum atomic E-state index is 0.690. The summed E-state index contributed by atoms with van der Waals surface area (Å²) >= 11 is 6.97. The zero-order valence-corrected chi connectivity index (χ0v) is 16.0. The number of hydrogen-bond donors (Lipinski definition) is 0. The Bertz CT molecular complexity index is 380. The van der Waals surface area contributed by atoms with Gasteiger partial charge in [-0.1, -0.05) is 0 Å². The van der Waals surface area contributed by atoms with E-state index in [1.54, 1.807) is 14.3 Å². The van der Waals surface area contributed by atoms with E-state index in [1.165, 1.54) is 5.08 Å². The predicted molar refractivity (Wildman–Crippen MR) is 75.4 cm³/mol. The van der Waals surface area contributed by atoms with Gasteiger partial charge in [-0.3, -0.25) is 0 Å². The molecule has 15 heavy (non-hydrogen) atoms. The van der Waals surface area contributed by atoms with E-state index in [1.807, 2.05) is 0 Å². The molecule has 0 spiro atoms. The van der Waals surface area contributed by atoms with Gasteiger partial charge in [-0.15, -0.1) is 0 Å². The van der Waals surface area contributed by atoms with Gasteiger partial charge in [0.25, 0.3) is 0 Å². The number of rotatable bonds is 1. The molecule has 3 rings (SSSR count). The second-order valence-electron chi connectivity index (χ2n) is 2.66. The van der Waals surface area contributed by atoms with Crippen LogP contribution in [0.2, 0.25) is 0 Å². The van der Waals surface area contributed by atoms with E-state index >= 15 is 0 Å². The maximum absolute atomic E-state index is 2.45. The van der Waals surface area contributed by atoms with E-state index in [0.29, 0.717) is 59.8 Å². The van der Waals surface area contributed by atoms with Crippen molar-refractivity contribution in [1.82, 2.24) is 0 Å². The second-order valence-corrected chi connectivity index (χ2v) is 17.2. The molecule has 0 aromatic rings. The van der Waals surface area contributed by atoms with Crippen molar-refractivity contribution in [2.45, 2.75) is 0 Å². The van der Waals surface area contributed by atoms with E-state index in [9.17, 15) is 0 Å². The van der Waals surface area contributed by atoms with Gasteiger partial charge in [-0.05, 0) is 0 Å². The van der Waals surface area contributed by atoms with Crippen molar-refractivity contribution in [1.29, 1.82) is 0 Å². The van der Waals surface area contributed by atoms with E-state index < -0.39 is 0 Å². The van der Waals surface area contributed by atoms with E-state index in [0.717, 1.165) is 0 Å². The molecule has 0 saturated carbocycles. The standard InChI is InChI=1S/C9H6S2Se4/c1(6-12-3-4-13-6)2-7-14-8-9(15-7)11-5-10-8/h1-4H,5H2. The average molecular weight is 494 g/mol. The van der Waals surface area contributed by atoms with Gasteiger partial charge in [0.2, 0.25) is 0 Å². The molecule has 3 heterocycles. The average Bonchev–Trinajstić information content (AvgIpc) is 2.91. The van der Waals surface area contributed by atoms with Crippen LogP contribution < -0.4 is 0 Å². The zero-order valence-electron chi connectivity index (χ0n) is 7.47. The molecule has 0 bridgehead atoms. The first kappa shape index (κ1) is 11.8. The van der Waals surface area contributed by atoms with Gasteiger partial charge in [0.15, 0.2) is 0 Å². The van der Waals surface area contributed by atoms with Crippen LogP contribution in [0.5, 0.6) is 0 Å². The Kier molecular flexibility index (Phi) is 4.40. The molecule has 0 saturated heterocycles. The van der Waals surface area contributed by atoms with Gasteiger partial charge in [-0.25, -0.2) is 0 Å². The number of allylic oxidation sites excluding steroid dienone is 2. The molecule has 0 radical (unpaired) electrons. The Morgan fingerprint density at radius 3 is 2.20 bits per heavy atom. The van der Waals surface area contributed by atoms with Crippen molar-refractivity contribution < 1.29 is 0 Å².